The SMILES string of the molecule is CCOC(=O)C1(NC(C)C)CCCC(N2CCCC2)C1. The molecule has 2 fully saturated rings. The van der Waals surface area contributed by atoms with Crippen LogP contribution in [-0.2, 0) is 9.53 Å². The fraction of sp³-hybridized carbons (Fsp3) is 0.938. The fourth-order valence-electron chi connectivity index (χ4n) is 3.86. The van der Waals surface area contributed by atoms with Crippen LogP contribution in [0.25, 0.3) is 0 Å². The Morgan fingerprint density at radius 2 is 2.05 bits per heavy atom. The smallest absolute Gasteiger partial charge is 0.326 e. The Hall–Kier alpha value is -0.610. The van der Waals surface area contributed by atoms with Crippen molar-refractivity contribution in [3.63, 3.8) is 0 Å². The number of hydrogen-bond acceptors (Lipinski definition) is 4. The number of esters is 1. The second kappa shape index (κ2) is 6.90. The van der Waals surface area contributed by atoms with E-state index in [1.165, 1.54) is 32.4 Å². The van der Waals surface area contributed by atoms with E-state index in [1.807, 2.05) is 6.92 Å². The molecule has 1 heterocycles. The van der Waals surface area contributed by atoms with E-state index in [2.05, 4.69) is 24.1 Å². The minimum Gasteiger partial charge on any atom is -0.465 e. The summed E-state index contributed by atoms with van der Waals surface area (Å²) in [6.07, 6.45) is 6.76. The van der Waals surface area contributed by atoms with E-state index in [4.69, 9.17) is 4.74 Å². The van der Waals surface area contributed by atoms with Crippen molar-refractivity contribution < 1.29 is 9.53 Å². The van der Waals surface area contributed by atoms with Crippen molar-refractivity contribution in [3.05, 3.63) is 0 Å². The molecule has 0 spiro atoms. The number of ether oxygens (including phenoxy) is 1. The molecule has 1 aliphatic carbocycles. The van der Waals surface area contributed by atoms with Crippen molar-refractivity contribution >= 4 is 5.97 Å². The highest BCUT2D eigenvalue weighted by Crippen LogP contribution is 2.34. The molecule has 1 N–H and O–H groups in total. The topological polar surface area (TPSA) is 41.6 Å². The van der Waals surface area contributed by atoms with Gasteiger partial charge in [-0.05, 0) is 72.4 Å². The first-order chi connectivity index (χ1) is 9.57. The van der Waals surface area contributed by atoms with E-state index in [-0.39, 0.29) is 5.97 Å². The van der Waals surface area contributed by atoms with Crippen LogP contribution in [0.15, 0.2) is 0 Å². The Bertz CT molecular complexity index is 326. The first-order valence-electron chi connectivity index (χ1n) is 8.26. The summed E-state index contributed by atoms with van der Waals surface area (Å²) in [5, 5.41) is 3.53. The highest BCUT2D eigenvalue weighted by atomic mass is 16.5. The van der Waals surface area contributed by atoms with Gasteiger partial charge in [-0.1, -0.05) is 0 Å². The summed E-state index contributed by atoms with van der Waals surface area (Å²) in [5.74, 6) is -0.0439. The largest absolute Gasteiger partial charge is 0.465 e. The number of hydrogen-bond donors (Lipinski definition) is 1. The molecule has 2 rings (SSSR count). The van der Waals surface area contributed by atoms with E-state index in [1.54, 1.807) is 0 Å². The van der Waals surface area contributed by atoms with E-state index in [0.29, 0.717) is 18.7 Å². The Morgan fingerprint density at radius 3 is 2.65 bits per heavy atom. The Kier molecular flexibility index (Phi) is 5.44. The molecule has 2 unspecified atom stereocenters. The summed E-state index contributed by atoms with van der Waals surface area (Å²) in [7, 11) is 0. The minimum absolute atomic E-state index is 0.0439. The third-order valence-corrected chi connectivity index (χ3v) is 4.61. The van der Waals surface area contributed by atoms with Gasteiger partial charge in [0, 0.05) is 12.1 Å². The molecule has 1 saturated carbocycles. The van der Waals surface area contributed by atoms with Crippen LogP contribution in [0.2, 0.25) is 0 Å². The van der Waals surface area contributed by atoms with Gasteiger partial charge in [-0.2, -0.15) is 0 Å². The number of nitrogens with zero attached hydrogens (tertiary/aromatic N) is 1. The zero-order valence-corrected chi connectivity index (χ0v) is 13.3. The van der Waals surface area contributed by atoms with Gasteiger partial charge in [-0.25, -0.2) is 0 Å². The molecule has 1 aliphatic heterocycles. The fourth-order valence-corrected chi connectivity index (χ4v) is 3.86. The lowest BCUT2D eigenvalue weighted by molar-refractivity contribution is -0.154. The van der Waals surface area contributed by atoms with E-state index >= 15 is 0 Å². The van der Waals surface area contributed by atoms with Gasteiger partial charge in [-0.15, -0.1) is 0 Å². The van der Waals surface area contributed by atoms with Crippen LogP contribution < -0.4 is 5.32 Å². The summed E-state index contributed by atoms with van der Waals surface area (Å²) < 4.78 is 5.38. The number of carbonyl (C=O) groups is 1. The first kappa shape index (κ1) is 15.8. The monoisotopic (exact) mass is 282 g/mol. The van der Waals surface area contributed by atoms with Crippen molar-refractivity contribution in [3.8, 4) is 0 Å². The van der Waals surface area contributed by atoms with Gasteiger partial charge >= 0.3 is 5.97 Å². The van der Waals surface area contributed by atoms with Crippen LogP contribution >= 0.6 is 0 Å². The molecular weight excluding hydrogens is 252 g/mol. The zero-order chi connectivity index (χ0) is 14.6. The van der Waals surface area contributed by atoms with Gasteiger partial charge < -0.3 is 9.64 Å². The predicted octanol–water partition coefficient (Wildman–Crippen LogP) is 2.32. The van der Waals surface area contributed by atoms with Crippen LogP contribution in [0.4, 0.5) is 0 Å². The van der Waals surface area contributed by atoms with Crippen molar-refractivity contribution in [2.45, 2.75) is 76.9 Å². The molecule has 116 valence electrons. The third-order valence-electron chi connectivity index (χ3n) is 4.61. The van der Waals surface area contributed by atoms with Crippen LogP contribution in [0.5, 0.6) is 0 Å². The molecule has 4 nitrogen and oxygen atoms in total. The average Bonchev–Trinajstić information content (AvgIpc) is 2.92. The standard InChI is InChI=1S/C16H30N2O2/c1-4-20-15(19)16(17-13(2)3)9-7-8-14(12-16)18-10-5-6-11-18/h13-14,17H,4-12H2,1-3H3. The Morgan fingerprint density at radius 1 is 1.35 bits per heavy atom. The number of rotatable bonds is 5. The summed E-state index contributed by atoms with van der Waals surface area (Å²) in [4.78, 5) is 15.1. The second-order valence-electron chi connectivity index (χ2n) is 6.59. The summed E-state index contributed by atoms with van der Waals surface area (Å²) >= 11 is 0. The molecule has 0 amide bonds. The van der Waals surface area contributed by atoms with Gasteiger partial charge in [0.25, 0.3) is 0 Å². The Balaban J connectivity index is 2.10. The molecule has 1 saturated heterocycles. The van der Waals surface area contributed by atoms with E-state index in [9.17, 15) is 4.79 Å². The average molecular weight is 282 g/mol. The minimum atomic E-state index is -0.463. The van der Waals surface area contributed by atoms with E-state index < -0.39 is 5.54 Å². The van der Waals surface area contributed by atoms with Gasteiger partial charge in [0.1, 0.15) is 5.54 Å². The zero-order valence-electron chi connectivity index (χ0n) is 13.3. The maximum atomic E-state index is 12.5. The van der Waals surface area contributed by atoms with Crippen molar-refractivity contribution in [2.75, 3.05) is 19.7 Å². The normalized spacial score (nSPS) is 31.7. The van der Waals surface area contributed by atoms with Crippen molar-refractivity contribution in [1.29, 1.82) is 0 Å². The molecule has 0 radical (unpaired) electrons. The molecule has 0 bridgehead atoms. The highest BCUT2D eigenvalue weighted by Gasteiger charge is 2.45. The lowest BCUT2D eigenvalue weighted by atomic mass is 9.78. The lowest BCUT2D eigenvalue weighted by Gasteiger charge is -2.43. The van der Waals surface area contributed by atoms with Crippen LogP contribution in [0.1, 0.15) is 59.3 Å². The second-order valence-corrected chi connectivity index (χ2v) is 6.59. The molecule has 2 aliphatic rings. The number of nitrogens with one attached hydrogen (secondary N) is 1. The van der Waals surface area contributed by atoms with Gasteiger partial charge in [0.2, 0.25) is 0 Å². The molecule has 2 atom stereocenters. The van der Waals surface area contributed by atoms with E-state index in [0.717, 1.165) is 19.3 Å². The van der Waals surface area contributed by atoms with Crippen LogP contribution in [0.3, 0.4) is 0 Å². The summed E-state index contributed by atoms with van der Waals surface area (Å²) in [6.45, 7) is 8.98. The summed E-state index contributed by atoms with van der Waals surface area (Å²) in [5.41, 5.74) is -0.463. The number of likely N-dealkylation sites (tertiary alicyclic amines) is 1. The molecule has 4 heteroatoms. The van der Waals surface area contributed by atoms with Gasteiger partial charge in [0.15, 0.2) is 0 Å². The van der Waals surface area contributed by atoms with Gasteiger partial charge in [-0.3, -0.25) is 10.1 Å². The summed E-state index contributed by atoms with van der Waals surface area (Å²) in [6, 6.07) is 0.846. The molecule has 0 aromatic carbocycles. The highest BCUT2D eigenvalue weighted by molar-refractivity contribution is 5.81. The van der Waals surface area contributed by atoms with Crippen molar-refractivity contribution in [1.82, 2.24) is 10.2 Å². The number of carbonyl (C=O) groups excluding carboxylic acids is 1. The molecule has 0 aromatic heterocycles. The maximum absolute atomic E-state index is 12.5. The first-order valence-corrected chi connectivity index (χ1v) is 8.26. The Labute approximate surface area is 123 Å². The van der Waals surface area contributed by atoms with Gasteiger partial charge in [0.05, 0.1) is 6.61 Å². The van der Waals surface area contributed by atoms with Crippen LogP contribution in [-0.4, -0.2) is 48.2 Å². The third kappa shape index (κ3) is 3.53. The predicted molar refractivity (Wildman–Crippen MR) is 80.7 cm³/mol. The maximum Gasteiger partial charge on any atom is 0.326 e. The molecule has 20 heavy (non-hydrogen) atoms. The van der Waals surface area contributed by atoms with Crippen LogP contribution in [0, 0.1) is 0 Å². The van der Waals surface area contributed by atoms with Crippen molar-refractivity contribution in [2.24, 2.45) is 0 Å². The lowest BCUT2D eigenvalue weighted by Crippen LogP contribution is -2.60. The molecule has 0 aromatic rings. The quantitative estimate of drug-likeness (QED) is 0.786. The molecular formula is C16H30N2O2.